The number of rotatable bonds is 2. The number of hydrogen-bond acceptors (Lipinski definition) is 1. The van der Waals surface area contributed by atoms with E-state index in [-0.39, 0.29) is 0 Å². The average molecular weight is 202 g/mol. The molecule has 1 saturated carbocycles. The van der Waals surface area contributed by atoms with Crippen LogP contribution >= 0.6 is 0 Å². The molecule has 0 bridgehead atoms. The van der Waals surface area contributed by atoms with Gasteiger partial charge < -0.3 is 0 Å². The Hall–Kier alpha value is -1.11. The summed E-state index contributed by atoms with van der Waals surface area (Å²) in [5, 5.41) is 0. The van der Waals surface area contributed by atoms with E-state index < -0.39 is 0 Å². The van der Waals surface area contributed by atoms with Crippen LogP contribution in [0.15, 0.2) is 36.5 Å². The van der Waals surface area contributed by atoms with Crippen molar-refractivity contribution in [3.8, 4) is 0 Å². The molecule has 0 amide bonds. The molecule has 15 heavy (non-hydrogen) atoms. The largest absolute Gasteiger partial charge is 0.298 e. The quantitative estimate of drug-likeness (QED) is 0.496. The molecule has 3 atom stereocenters. The molecule has 0 radical (unpaired) electrons. The van der Waals surface area contributed by atoms with Crippen molar-refractivity contribution in [3.63, 3.8) is 0 Å². The SMILES string of the molecule is C=C[C@@H]1CCC(=C)[C@H]2CCC(C=O)=C[C@@H]12. The fourth-order valence-corrected chi connectivity index (χ4v) is 2.96. The van der Waals surface area contributed by atoms with Crippen molar-refractivity contribution in [1.29, 1.82) is 0 Å². The van der Waals surface area contributed by atoms with Gasteiger partial charge in [-0.05, 0) is 49.0 Å². The normalized spacial score (nSPS) is 35.3. The molecule has 0 saturated heterocycles. The molecule has 2 aliphatic rings. The third-order valence-electron chi connectivity index (χ3n) is 3.89. The topological polar surface area (TPSA) is 17.1 Å². The van der Waals surface area contributed by atoms with Gasteiger partial charge in [-0.15, -0.1) is 6.58 Å². The van der Waals surface area contributed by atoms with Crippen molar-refractivity contribution in [2.75, 3.05) is 0 Å². The molecule has 1 fully saturated rings. The lowest BCUT2D eigenvalue weighted by atomic mass is 9.65. The maximum absolute atomic E-state index is 10.8. The summed E-state index contributed by atoms with van der Waals surface area (Å²) < 4.78 is 0. The second-order valence-electron chi connectivity index (χ2n) is 4.68. The maximum atomic E-state index is 10.8. The molecular weight excluding hydrogens is 184 g/mol. The summed E-state index contributed by atoms with van der Waals surface area (Å²) in [4.78, 5) is 10.8. The van der Waals surface area contributed by atoms with Crippen LogP contribution in [-0.2, 0) is 4.79 Å². The van der Waals surface area contributed by atoms with Gasteiger partial charge in [0, 0.05) is 0 Å². The first kappa shape index (κ1) is 10.4. The zero-order valence-corrected chi connectivity index (χ0v) is 9.11. The Morgan fingerprint density at radius 2 is 2.13 bits per heavy atom. The highest BCUT2D eigenvalue weighted by atomic mass is 16.1. The Kier molecular flexibility index (Phi) is 2.90. The molecule has 0 aromatic heterocycles. The van der Waals surface area contributed by atoms with Crippen LogP contribution in [0.25, 0.3) is 0 Å². The van der Waals surface area contributed by atoms with Crippen LogP contribution in [-0.4, -0.2) is 6.29 Å². The minimum Gasteiger partial charge on any atom is -0.298 e. The molecule has 0 aromatic carbocycles. The molecule has 0 heterocycles. The van der Waals surface area contributed by atoms with Crippen molar-refractivity contribution >= 4 is 6.29 Å². The third-order valence-corrected chi connectivity index (χ3v) is 3.89. The van der Waals surface area contributed by atoms with E-state index >= 15 is 0 Å². The number of aldehydes is 1. The van der Waals surface area contributed by atoms with Gasteiger partial charge in [0.2, 0.25) is 0 Å². The van der Waals surface area contributed by atoms with E-state index in [1.165, 1.54) is 5.57 Å². The summed E-state index contributed by atoms with van der Waals surface area (Å²) in [5.41, 5.74) is 2.34. The van der Waals surface area contributed by atoms with Crippen LogP contribution in [0.5, 0.6) is 0 Å². The summed E-state index contributed by atoms with van der Waals surface area (Å²) in [5.74, 6) is 1.61. The summed E-state index contributed by atoms with van der Waals surface area (Å²) in [6.45, 7) is 8.07. The highest BCUT2D eigenvalue weighted by molar-refractivity contribution is 5.73. The Labute approximate surface area is 91.6 Å². The lowest BCUT2D eigenvalue weighted by Crippen LogP contribution is -2.30. The van der Waals surface area contributed by atoms with E-state index in [0.29, 0.717) is 17.8 Å². The van der Waals surface area contributed by atoms with Crippen molar-refractivity contribution in [2.24, 2.45) is 17.8 Å². The van der Waals surface area contributed by atoms with Gasteiger partial charge in [-0.3, -0.25) is 4.79 Å². The number of carbonyl (C=O) groups is 1. The first-order valence-electron chi connectivity index (χ1n) is 5.72. The van der Waals surface area contributed by atoms with Gasteiger partial charge >= 0.3 is 0 Å². The highest BCUT2D eigenvalue weighted by Gasteiger charge is 2.34. The lowest BCUT2D eigenvalue weighted by molar-refractivity contribution is -0.105. The summed E-state index contributed by atoms with van der Waals surface area (Å²) in [6, 6.07) is 0. The molecule has 2 aliphatic carbocycles. The number of hydrogen-bond donors (Lipinski definition) is 0. The molecule has 1 nitrogen and oxygen atoms in total. The molecule has 0 unspecified atom stereocenters. The lowest BCUT2D eigenvalue weighted by Gasteiger charge is -2.39. The summed E-state index contributed by atoms with van der Waals surface area (Å²) in [6.07, 6.45) is 9.51. The first-order chi connectivity index (χ1) is 7.26. The van der Waals surface area contributed by atoms with Crippen molar-refractivity contribution < 1.29 is 4.79 Å². The Morgan fingerprint density at radius 3 is 2.80 bits per heavy atom. The molecule has 0 spiro atoms. The average Bonchev–Trinajstić information content (AvgIpc) is 2.29. The second-order valence-corrected chi connectivity index (χ2v) is 4.68. The Bertz CT molecular complexity index is 324. The zero-order valence-electron chi connectivity index (χ0n) is 9.11. The molecule has 0 aromatic rings. The Morgan fingerprint density at radius 1 is 1.33 bits per heavy atom. The monoisotopic (exact) mass is 202 g/mol. The smallest absolute Gasteiger partial charge is 0.145 e. The van der Waals surface area contributed by atoms with E-state index in [2.05, 4.69) is 19.2 Å². The molecular formula is C14H18O. The standard InChI is InChI=1S/C14H18O/c1-3-12-6-4-10(2)13-7-5-11(9-15)8-14(12)13/h3,8-9,12-14H,1-2,4-7H2/t12-,13-,14+/m1/s1. The fraction of sp³-hybridized carbons (Fsp3) is 0.500. The molecule has 0 N–H and O–H groups in total. The first-order valence-corrected chi connectivity index (χ1v) is 5.72. The highest BCUT2D eigenvalue weighted by Crippen LogP contribution is 2.44. The maximum Gasteiger partial charge on any atom is 0.145 e. The van der Waals surface area contributed by atoms with Gasteiger partial charge in [0.25, 0.3) is 0 Å². The minimum absolute atomic E-state index is 0.484. The van der Waals surface area contributed by atoms with Crippen LogP contribution in [0.4, 0.5) is 0 Å². The zero-order chi connectivity index (χ0) is 10.8. The number of allylic oxidation sites excluding steroid dienone is 4. The van der Waals surface area contributed by atoms with Crippen LogP contribution in [0.1, 0.15) is 25.7 Å². The Balaban J connectivity index is 2.27. The molecule has 2 rings (SSSR count). The summed E-state index contributed by atoms with van der Waals surface area (Å²) in [7, 11) is 0. The van der Waals surface area contributed by atoms with Crippen molar-refractivity contribution in [1.82, 2.24) is 0 Å². The van der Waals surface area contributed by atoms with Crippen molar-refractivity contribution in [2.45, 2.75) is 25.7 Å². The van der Waals surface area contributed by atoms with Crippen LogP contribution in [0, 0.1) is 17.8 Å². The predicted molar refractivity (Wildman–Crippen MR) is 62.4 cm³/mol. The molecule has 80 valence electrons. The van der Waals surface area contributed by atoms with Crippen LogP contribution in [0.3, 0.4) is 0 Å². The van der Waals surface area contributed by atoms with E-state index in [1.807, 2.05) is 6.08 Å². The van der Waals surface area contributed by atoms with E-state index in [1.54, 1.807) is 0 Å². The molecule has 1 heteroatoms. The third kappa shape index (κ3) is 1.83. The fourth-order valence-electron chi connectivity index (χ4n) is 2.96. The predicted octanol–water partition coefficient (Wildman–Crippen LogP) is 3.29. The van der Waals surface area contributed by atoms with Gasteiger partial charge in [-0.1, -0.05) is 24.3 Å². The van der Waals surface area contributed by atoms with Gasteiger partial charge in [0.05, 0.1) is 0 Å². The summed E-state index contributed by atoms with van der Waals surface area (Å²) >= 11 is 0. The van der Waals surface area contributed by atoms with Crippen molar-refractivity contribution in [3.05, 3.63) is 36.5 Å². The minimum atomic E-state index is 0.484. The van der Waals surface area contributed by atoms with Gasteiger partial charge in [0.1, 0.15) is 6.29 Å². The molecule has 0 aliphatic heterocycles. The van der Waals surface area contributed by atoms with E-state index in [4.69, 9.17) is 0 Å². The van der Waals surface area contributed by atoms with Gasteiger partial charge in [-0.2, -0.15) is 0 Å². The number of fused-ring (bicyclic) bond motifs is 1. The van der Waals surface area contributed by atoms with E-state index in [0.717, 1.165) is 37.5 Å². The van der Waals surface area contributed by atoms with Gasteiger partial charge in [0.15, 0.2) is 0 Å². The van der Waals surface area contributed by atoms with Crippen LogP contribution in [0.2, 0.25) is 0 Å². The van der Waals surface area contributed by atoms with E-state index in [9.17, 15) is 4.79 Å². The van der Waals surface area contributed by atoms with Crippen LogP contribution < -0.4 is 0 Å². The number of carbonyl (C=O) groups excluding carboxylic acids is 1. The second kappa shape index (κ2) is 4.18. The van der Waals surface area contributed by atoms with Gasteiger partial charge in [-0.25, -0.2) is 0 Å².